The lowest BCUT2D eigenvalue weighted by Crippen LogP contribution is -2.30. The topological polar surface area (TPSA) is 92.0 Å². The molecule has 1 aromatic heterocycles. The van der Waals surface area contributed by atoms with Crippen LogP contribution in [0, 0.1) is 10.1 Å². The van der Waals surface area contributed by atoms with Crippen LogP contribution in [0.5, 0.6) is 0 Å². The summed E-state index contributed by atoms with van der Waals surface area (Å²) < 4.78 is 35.8. The fourth-order valence-electron chi connectivity index (χ4n) is 0.936. The minimum atomic E-state index is -4.80. The summed E-state index contributed by atoms with van der Waals surface area (Å²) in [6.45, 7) is 0. The first-order valence-electron chi connectivity index (χ1n) is 3.73. The molecule has 1 unspecified atom stereocenters. The second-order valence-corrected chi connectivity index (χ2v) is 2.76. The van der Waals surface area contributed by atoms with E-state index in [1.54, 1.807) is 0 Å². The molecule has 9 heteroatoms. The third kappa shape index (κ3) is 2.65. The van der Waals surface area contributed by atoms with Gasteiger partial charge in [0.25, 0.3) is 0 Å². The zero-order valence-electron chi connectivity index (χ0n) is 7.15. The second kappa shape index (κ2) is 3.85. The van der Waals surface area contributed by atoms with Crippen LogP contribution in [0.15, 0.2) is 6.20 Å². The fourth-order valence-corrected chi connectivity index (χ4v) is 0.936. The molecule has 0 amide bonds. The Balaban J connectivity index is 2.81. The summed E-state index contributed by atoms with van der Waals surface area (Å²) in [5.41, 5.74) is -0.287. The van der Waals surface area contributed by atoms with Crippen molar-refractivity contribution < 1.29 is 23.2 Å². The summed E-state index contributed by atoms with van der Waals surface area (Å²) in [6.07, 6.45) is -7.44. The number of aliphatic hydroxyl groups is 1. The number of nitrogens with zero attached hydrogens (tertiary/aromatic N) is 2. The highest BCUT2D eigenvalue weighted by atomic mass is 19.4. The van der Waals surface area contributed by atoms with Crippen molar-refractivity contribution in [2.45, 2.75) is 18.7 Å². The Morgan fingerprint density at radius 1 is 1.67 bits per heavy atom. The van der Waals surface area contributed by atoms with Crippen LogP contribution in [0.2, 0.25) is 0 Å². The molecule has 0 spiro atoms. The largest absolute Gasteiger partial charge is 0.414 e. The summed E-state index contributed by atoms with van der Waals surface area (Å²) in [7, 11) is 0. The monoisotopic (exact) mass is 225 g/mol. The molecule has 0 aliphatic carbocycles. The van der Waals surface area contributed by atoms with Crippen LogP contribution in [0.25, 0.3) is 0 Å². The number of hydrogen-bond acceptors (Lipinski definition) is 4. The minimum absolute atomic E-state index is 0.287. The third-order valence-electron chi connectivity index (χ3n) is 1.67. The van der Waals surface area contributed by atoms with Crippen LogP contribution in [-0.2, 0) is 6.42 Å². The molecule has 1 heterocycles. The molecule has 1 atom stereocenters. The lowest BCUT2D eigenvalue weighted by molar-refractivity contribution is -0.390. The highest BCUT2D eigenvalue weighted by Gasteiger charge is 2.39. The van der Waals surface area contributed by atoms with Crippen LogP contribution in [0.1, 0.15) is 5.56 Å². The number of aromatic nitrogens is 2. The molecule has 0 radical (unpaired) electrons. The number of nitro groups is 1. The Labute approximate surface area is 80.9 Å². The Morgan fingerprint density at radius 3 is 2.73 bits per heavy atom. The first kappa shape index (κ1) is 11.4. The number of hydrogen-bond donors (Lipinski definition) is 2. The SMILES string of the molecule is O=[N+]([O-])c1[nH]ncc1CC(O)C(F)(F)F. The van der Waals surface area contributed by atoms with Gasteiger partial charge in [-0.3, -0.25) is 0 Å². The van der Waals surface area contributed by atoms with E-state index in [9.17, 15) is 23.3 Å². The predicted octanol–water partition coefficient (Wildman–Crippen LogP) is 0.784. The van der Waals surface area contributed by atoms with Crippen molar-refractivity contribution in [1.29, 1.82) is 0 Å². The molecule has 0 aliphatic rings. The lowest BCUT2D eigenvalue weighted by Gasteiger charge is -2.12. The molecule has 1 aromatic rings. The van der Waals surface area contributed by atoms with Crippen molar-refractivity contribution in [3.63, 3.8) is 0 Å². The molecule has 0 fully saturated rings. The van der Waals surface area contributed by atoms with Crippen molar-refractivity contribution in [1.82, 2.24) is 10.2 Å². The predicted molar refractivity (Wildman–Crippen MR) is 41.0 cm³/mol. The highest BCUT2D eigenvalue weighted by Crippen LogP contribution is 2.25. The Morgan fingerprint density at radius 2 is 2.27 bits per heavy atom. The maximum atomic E-state index is 11.9. The third-order valence-corrected chi connectivity index (χ3v) is 1.67. The van der Waals surface area contributed by atoms with Crippen LogP contribution >= 0.6 is 0 Å². The summed E-state index contributed by atoms with van der Waals surface area (Å²) in [5.74, 6) is -0.640. The van der Waals surface area contributed by atoms with Crippen molar-refractivity contribution in [3.05, 3.63) is 21.9 Å². The van der Waals surface area contributed by atoms with Crippen LogP contribution in [0.3, 0.4) is 0 Å². The molecule has 0 aromatic carbocycles. The van der Waals surface area contributed by atoms with Crippen molar-refractivity contribution in [2.75, 3.05) is 0 Å². The van der Waals surface area contributed by atoms with Gasteiger partial charge >= 0.3 is 12.0 Å². The Bertz CT molecular complexity index is 362. The van der Waals surface area contributed by atoms with Gasteiger partial charge in [0.2, 0.25) is 0 Å². The van der Waals surface area contributed by atoms with Crippen molar-refractivity contribution >= 4 is 5.82 Å². The average Bonchev–Trinajstić information content (AvgIpc) is 2.50. The molecule has 0 saturated heterocycles. The van der Waals surface area contributed by atoms with Gasteiger partial charge in [-0.05, 0) is 4.92 Å². The normalized spacial score (nSPS) is 13.9. The van der Waals surface area contributed by atoms with Gasteiger partial charge in [-0.15, -0.1) is 5.10 Å². The van der Waals surface area contributed by atoms with Gasteiger partial charge in [-0.1, -0.05) is 5.10 Å². The molecule has 2 N–H and O–H groups in total. The van der Waals surface area contributed by atoms with Gasteiger partial charge in [-0.25, -0.2) is 0 Å². The summed E-state index contributed by atoms with van der Waals surface area (Å²) >= 11 is 0. The van der Waals surface area contributed by atoms with Crippen molar-refractivity contribution in [3.8, 4) is 0 Å². The number of rotatable bonds is 3. The van der Waals surface area contributed by atoms with Crippen LogP contribution in [-0.4, -0.2) is 32.5 Å². The van der Waals surface area contributed by atoms with E-state index < -0.39 is 29.4 Å². The quantitative estimate of drug-likeness (QED) is 0.587. The van der Waals surface area contributed by atoms with Gasteiger partial charge in [0.15, 0.2) is 6.10 Å². The smallest absolute Gasteiger partial charge is 0.383 e. The lowest BCUT2D eigenvalue weighted by atomic mass is 10.1. The number of nitrogens with one attached hydrogen (secondary N) is 1. The molecule has 6 nitrogen and oxygen atoms in total. The zero-order chi connectivity index (χ0) is 11.6. The number of alkyl halides is 3. The maximum Gasteiger partial charge on any atom is 0.414 e. The Kier molecular flexibility index (Phi) is 2.93. The van der Waals surface area contributed by atoms with E-state index in [4.69, 9.17) is 5.11 Å². The molecular formula is C6H6F3N3O3. The molecule has 84 valence electrons. The molecule has 0 saturated carbocycles. The number of aliphatic hydroxyl groups excluding tert-OH is 1. The van der Waals surface area contributed by atoms with E-state index >= 15 is 0 Å². The number of halogens is 3. The van der Waals surface area contributed by atoms with Crippen molar-refractivity contribution in [2.24, 2.45) is 0 Å². The molecule has 0 bridgehead atoms. The summed E-state index contributed by atoms with van der Waals surface area (Å²) in [4.78, 5) is 9.39. The maximum absolute atomic E-state index is 11.9. The molecule has 1 rings (SSSR count). The van der Waals surface area contributed by atoms with E-state index in [1.165, 1.54) is 0 Å². The van der Waals surface area contributed by atoms with E-state index in [0.717, 1.165) is 6.20 Å². The van der Waals surface area contributed by atoms with Gasteiger partial charge in [0.05, 0.1) is 11.8 Å². The highest BCUT2D eigenvalue weighted by molar-refractivity contribution is 5.30. The Hall–Kier alpha value is -1.64. The standard InChI is InChI=1S/C6H6F3N3O3/c7-6(8,9)4(13)1-3-2-10-11-5(3)12(14)15/h2,4,13H,1H2,(H,10,11). The van der Waals surface area contributed by atoms with Gasteiger partial charge in [-0.2, -0.15) is 13.2 Å². The van der Waals surface area contributed by atoms with Gasteiger partial charge in [0, 0.05) is 6.42 Å². The van der Waals surface area contributed by atoms with Gasteiger partial charge in [0.1, 0.15) is 0 Å². The first-order valence-corrected chi connectivity index (χ1v) is 3.73. The van der Waals surface area contributed by atoms with E-state index in [-0.39, 0.29) is 5.56 Å². The van der Waals surface area contributed by atoms with Crippen LogP contribution in [0.4, 0.5) is 19.0 Å². The first-order chi connectivity index (χ1) is 6.82. The average molecular weight is 225 g/mol. The summed E-state index contributed by atoms with van der Waals surface area (Å²) in [6, 6.07) is 0. The molecule has 0 aliphatic heterocycles. The minimum Gasteiger partial charge on any atom is -0.383 e. The number of H-pyrrole nitrogens is 1. The van der Waals surface area contributed by atoms with Gasteiger partial charge < -0.3 is 15.2 Å². The second-order valence-electron chi connectivity index (χ2n) is 2.76. The van der Waals surface area contributed by atoms with E-state index in [0.29, 0.717) is 0 Å². The molecular weight excluding hydrogens is 219 g/mol. The summed E-state index contributed by atoms with van der Waals surface area (Å²) in [5, 5.41) is 24.1. The van der Waals surface area contributed by atoms with E-state index in [2.05, 4.69) is 5.10 Å². The number of aromatic amines is 1. The van der Waals surface area contributed by atoms with Crippen LogP contribution < -0.4 is 0 Å². The zero-order valence-corrected chi connectivity index (χ0v) is 7.15. The van der Waals surface area contributed by atoms with E-state index in [1.807, 2.05) is 5.10 Å². The molecule has 15 heavy (non-hydrogen) atoms. The fraction of sp³-hybridized carbons (Fsp3) is 0.500.